The molecular weight excluding hydrogens is 314 g/mol. The number of hydrogen-bond acceptors (Lipinski definition) is 5. The zero-order valence-electron chi connectivity index (χ0n) is 15.5. The van der Waals surface area contributed by atoms with E-state index in [2.05, 4.69) is 33.9 Å². The third kappa shape index (κ3) is 3.38. The number of methoxy groups -OCH3 is 2. The summed E-state index contributed by atoms with van der Waals surface area (Å²) in [5.74, 6) is -1.95. The van der Waals surface area contributed by atoms with Crippen molar-refractivity contribution in [1.82, 2.24) is 4.57 Å². The van der Waals surface area contributed by atoms with Gasteiger partial charge in [-0.3, -0.25) is 9.59 Å². The van der Waals surface area contributed by atoms with Crippen molar-refractivity contribution in [2.75, 3.05) is 14.2 Å². The summed E-state index contributed by atoms with van der Waals surface area (Å²) in [5, 5.41) is 9.98. The van der Waals surface area contributed by atoms with Crippen LogP contribution in [0.15, 0.2) is 0 Å². The van der Waals surface area contributed by atoms with E-state index in [0.29, 0.717) is 6.29 Å². The molecule has 6 nitrogen and oxygen atoms in total. The number of β-lactam (4-membered cyclic amide) rings is 1. The molecule has 1 aliphatic heterocycles. The molecule has 7 heteroatoms. The minimum atomic E-state index is -2.13. The van der Waals surface area contributed by atoms with E-state index >= 15 is 0 Å². The minimum Gasteiger partial charge on any atom is -0.393 e. The molecule has 0 bridgehead atoms. The first-order chi connectivity index (χ1) is 10.4. The maximum atomic E-state index is 12.7. The highest BCUT2D eigenvalue weighted by Crippen LogP contribution is 2.47. The van der Waals surface area contributed by atoms with Gasteiger partial charge in [0.05, 0.1) is 12.0 Å². The summed E-state index contributed by atoms with van der Waals surface area (Å²) >= 11 is 0. The van der Waals surface area contributed by atoms with Crippen LogP contribution in [0.3, 0.4) is 0 Å². The van der Waals surface area contributed by atoms with Crippen LogP contribution in [0.2, 0.25) is 18.1 Å². The van der Waals surface area contributed by atoms with Crippen molar-refractivity contribution in [2.45, 2.75) is 70.2 Å². The molecule has 0 aromatic rings. The third-order valence-electron chi connectivity index (χ3n) is 5.59. The highest BCUT2D eigenvalue weighted by atomic mass is 28.3. The van der Waals surface area contributed by atoms with Crippen LogP contribution in [0.25, 0.3) is 0 Å². The van der Waals surface area contributed by atoms with Crippen LogP contribution in [0.4, 0.5) is 0 Å². The quantitative estimate of drug-likeness (QED) is 0.329. The molecule has 1 saturated heterocycles. The lowest BCUT2D eigenvalue weighted by atomic mass is 9.82. The average molecular weight is 346 g/mol. The van der Waals surface area contributed by atoms with E-state index in [-0.39, 0.29) is 23.4 Å². The summed E-state index contributed by atoms with van der Waals surface area (Å²) in [6, 6.07) is -0.270. The van der Waals surface area contributed by atoms with Gasteiger partial charge in [-0.25, -0.2) is 0 Å². The number of amides is 1. The Labute approximate surface area is 140 Å². The van der Waals surface area contributed by atoms with E-state index in [4.69, 9.17) is 9.47 Å². The van der Waals surface area contributed by atoms with Crippen molar-refractivity contribution in [2.24, 2.45) is 5.92 Å². The van der Waals surface area contributed by atoms with Crippen LogP contribution in [0, 0.1) is 5.92 Å². The molecule has 0 saturated carbocycles. The predicted molar refractivity (Wildman–Crippen MR) is 90.4 cm³/mol. The van der Waals surface area contributed by atoms with Crippen molar-refractivity contribution in [3.05, 3.63) is 0 Å². The Morgan fingerprint density at radius 1 is 1.30 bits per heavy atom. The van der Waals surface area contributed by atoms with Gasteiger partial charge in [-0.15, -0.1) is 0 Å². The van der Waals surface area contributed by atoms with Gasteiger partial charge in [0.25, 0.3) is 0 Å². The number of hydrogen-bond donors (Lipinski definition) is 1. The van der Waals surface area contributed by atoms with Gasteiger partial charge in [-0.05, 0) is 12.0 Å². The highest BCUT2D eigenvalue weighted by Gasteiger charge is 2.60. The van der Waals surface area contributed by atoms with Crippen LogP contribution in [0.1, 0.15) is 34.1 Å². The number of nitrogens with zero attached hydrogens (tertiary/aromatic N) is 1. The van der Waals surface area contributed by atoms with Gasteiger partial charge in [-0.2, -0.15) is 0 Å². The molecule has 1 aliphatic rings. The molecule has 0 unspecified atom stereocenters. The van der Waals surface area contributed by atoms with Crippen molar-refractivity contribution in [3.63, 3.8) is 0 Å². The molecule has 1 heterocycles. The maximum Gasteiger partial charge on any atom is 0.227 e. The Balaban J connectivity index is 3.21. The first kappa shape index (κ1) is 20.3. The predicted octanol–water partition coefficient (Wildman–Crippen LogP) is 1.78. The summed E-state index contributed by atoms with van der Waals surface area (Å²) in [4.78, 5) is 24.2. The number of aliphatic hydroxyl groups is 1. The second-order valence-electron chi connectivity index (χ2n) is 7.89. The molecule has 0 aliphatic carbocycles. The van der Waals surface area contributed by atoms with Gasteiger partial charge in [0.2, 0.25) is 11.7 Å². The van der Waals surface area contributed by atoms with Gasteiger partial charge < -0.3 is 19.1 Å². The second kappa shape index (κ2) is 6.62. The summed E-state index contributed by atoms with van der Waals surface area (Å²) in [6.45, 7) is 12.3. The van der Waals surface area contributed by atoms with Crippen molar-refractivity contribution in [3.8, 4) is 0 Å². The van der Waals surface area contributed by atoms with Crippen molar-refractivity contribution >= 4 is 20.4 Å². The smallest absolute Gasteiger partial charge is 0.227 e. The monoisotopic (exact) mass is 345 g/mol. The Kier molecular flexibility index (Phi) is 5.84. The minimum absolute atomic E-state index is 0.0332. The Bertz CT molecular complexity index is 454. The summed E-state index contributed by atoms with van der Waals surface area (Å²) in [6.07, 6.45) is 0.0716. The second-order valence-corrected chi connectivity index (χ2v) is 13.0. The summed E-state index contributed by atoms with van der Waals surface area (Å²) in [7, 11) is 0.691. The summed E-state index contributed by atoms with van der Waals surface area (Å²) in [5.41, 5.74) is 0. The fourth-order valence-electron chi connectivity index (χ4n) is 3.05. The van der Waals surface area contributed by atoms with Crippen LogP contribution in [-0.4, -0.2) is 62.3 Å². The standard InChI is InChI=1S/C16H31NO5Si/c1-11(19)13-12(9-16(10-18,21-5)22-6)17(14(13)20)23(7,8)15(2,3)4/h10-13,19H,9H2,1-8H3/t11-,12-,13-/m1/s1. The third-order valence-corrected chi connectivity index (χ3v) is 11.0. The molecular formula is C16H31NO5Si. The van der Waals surface area contributed by atoms with Crippen LogP contribution in [-0.2, 0) is 19.1 Å². The molecule has 0 spiro atoms. The highest BCUT2D eigenvalue weighted by molar-refractivity contribution is 6.80. The van der Waals surface area contributed by atoms with E-state index in [1.165, 1.54) is 14.2 Å². The first-order valence-corrected chi connectivity index (χ1v) is 10.9. The lowest BCUT2D eigenvalue weighted by Crippen LogP contribution is -2.75. The number of ether oxygens (including phenoxy) is 2. The van der Waals surface area contributed by atoms with Crippen molar-refractivity contribution < 1.29 is 24.2 Å². The maximum absolute atomic E-state index is 12.7. The molecule has 1 rings (SSSR count). The van der Waals surface area contributed by atoms with Crippen LogP contribution >= 0.6 is 0 Å². The van der Waals surface area contributed by atoms with E-state index in [1.54, 1.807) is 6.92 Å². The zero-order chi connectivity index (χ0) is 18.2. The van der Waals surface area contributed by atoms with Crippen molar-refractivity contribution in [1.29, 1.82) is 0 Å². The normalized spacial score (nSPS) is 24.4. The summed E-state index contributed by atoms with van der Waals surface area (Å²) < 4.78 is 12.4. The van der Waals surface area contributed by atoms with E-state index in [1.807, 2.05) is 4.57 Å². The number of rotatable bonds is 7. The molecule has 0 aromatic carbocycles. The van der Waals surface area contributed by atoms with Gasteiger partial charge in [0, 0.05) is 26.7 Å². The topological polar surface area (TPSA) is 76.1 Å². The molecule has 0 aromatic heterocycles. The first-order valence-electron chi connectivity index (χ1n) is 7.96. The average Bonchev–Trinajstić information content (AvgIpc) is 2.41. The van der Waals surface area contributed by atoms with Gasteiger partial charge in [-0.1, -0.05) is 33.9 Å². The molecule has 134 valence electrons. The fraction of sp³-hybridized carbons (Fsp3) is 0.875. The number of aldehydes is 1. The van der Waals surface area contributed by atoms with Gasteiger partial charge in [0.15, 0.2) is 14.5 Å². The van der Waals surface area contributed by atoms with Crippen LogP contribution in [0.5, 0.6) is 0 Å². The molecule has 1 fully saturated rings. The SMILES string of the molecule is COC(C=O)(C[C@@H]1[C@@H]([C@@H](C)O)C(=O)N1[Si](C)(C)C(C)(C)C)OC. The van der Waals surface area contributed by atoms with Crippen LogP contribution < -0.4 is 0 Å². The lowest BCUT2D eigenvalue weighted by Gasteiger charge is -2.60. The zero-order valence-corrected chi connectivity index (χ0v) is 16.5. The van der Waals surface area contributed by atoms with E-state index in [0.717, 1.165) is 0 Å². The number of carbonyl (C=O) groups is 2. The number of aliphatic hydroxyl groups excluding tert-OH is 1. The molecule has 23 heavy (non-hydrogen) atoms. The fourth-order valence-corrected chi connectivity index (χ4v) is 5.55. The molecule has 1 N–H and O–H groups in total. The molecule has 0 radical (unpaired) electrons. The van der Waals surface area contributed by atoms with E-state index < -0.39 is 26.0 Å². The Morgan fingerprint density at radius 3 is 2.09 bits per heavy atom. The molecule has 3 atom stereocenters. The Hall–Kier alpha value is -0.763. The largest absolute Gasteiger partial charge is 0.393 e. The lowest BCUT2D eigenvalue weighted by molar-refractivity contribution is -0.212. The van der Waals surface area contributed by atoms with Gasteiger partial charge in [0.1, 0.15) is 0 Å². The number of carbonyl (C=O) groups excluding carboxylic acids is 2. The van der Waals surface area contributed by atoms with Gasteiger partial charge >= 0.3 is 0 Å². The molecule has 1 amide bonds. The van der Waals surface area contributed by atoms with E-state index in [9.17, 15) is 14.7 Å². The Morgan fingerprint density at radius 2 is 1.78 bits per heavy atom.